The number of nitrogens with zero attached hydrogens (tertiary/aromatic N) is 1. The van der Waals surface area contributed by atoms with Gasteiger partial charge >= 0.3 is 6.18 Å². The van der Waals surface area contributed by atoms with Crippen LogP contribution in [0.15, 0.2) is 24.3 Å². The fourth-order valence-corrected chi connectivity index (χ4v) is 1.64. The Morgan fingerprint density at radius 2 is 1.88 bits per heavy atom. The van der Waals surface area contributed by atoms with Crippen LogP contribution in [-0.2, 0) is 6.54 Å². The van der Waals surface area contributed by atoms with Crippen LogP contribution in [0.1, 0.15) is 12.0 Å². The van der Waals surface area contributed by atoms with Gasteiger partial charge in [0.05, 0.1) is 6.42 Å². The van der Waals surface area contributed by atoms with Crippen LogP contribution in [0.4, 0.5) is 18.9 Å². The molecule has 1 aromatic carbocycles. The van der Waals surface area contributed by atoms with E-state index in [1.165, 1.54) is 0 Å². The highest BCUT2D eigenvalue weighted by atomic mass is 19.4. The smallest absolute Gasteiger partial charge is 0.374 e. The van der Waals surface area contributed by atoms with Gasteiger partial charge in [0.1, 0.15) is 0 Å². The summed E-state index contributed by atoms with van der Waals surface area (Å²) in [4.78, 5) is 1.64. The molecule has 1 N–H and O–H groups in total. The first kappa shape index (κ1) is 13.8. The Morgan fingerprint density at radius 3 is 2.47 bits per heavy atom. The van der Waals surface area contributed by atoms with Crippen molar-refractivity contribution in [2.75, 3.05) is 25.5 Å². The average molecular weight is 246 g/mol. The lowest BCUT2D eigenvalue weighted by Crippen LogP contribution is -2.25. The minimum atomic E-state index is -4.10. The number of para-hydroxylation sites is 1. The summed E-state index contributed by atoms with van der Waals surface area (Å²) in [6.07, 6.45) is -4.90. The van der Waals surface area contributed by atoms with Crippen molar-refractivity contribution in [3.8, 4) is 0 Å². The van der Waals surface area contributed by atoms with Crippen molar-refractivity contribution in [1.82, 2.24) is 5.32 Å². The van der Waals surface area contributed by atoms with E-state index in [9.17, 15) is 13.2 Å². The summed E-state index contributed by atoms with van der Waals surface area (Å²) in [7, 11) is 3.49. The Labute approximate surface area is 99.4 Å². The van der Waals surface area contributed by atoms with Gasteiger partial charge in [0.25, 0.3) is 0 Å². The first-order valence-corrected chi connectivity index (χ1v) is 5.44. The molecule has 0 amide bonds. The maximum atomic E-state index is 12.1. The van der Waals surface area contributed by atoms with Crippen LogP contribution in [0.25, 0.3) is 0 Å². The zero-order valence-corrected chi connectivity index (χ0v) is 10.0. The maximum Gasteiger partial charge on any atom is 0.390 e. The third-order valence-corrected chi connectivity index (χ3v) is 2.50. The molecule has 0 saturated heterocycles. The zero-order chi connectivity index (χ0) is 12.9. The molecule has 1 rings (SSSR count). The molecule has 0 aliphatic rings. The summed E-state index contributed by atoms with van der Waals surface area (Å²) in [6.45, 7) is 0.622. The number of hydrogen-bond acceptors (Lipinski definition) is 2. The molecule has 0 radical (unpaired) electrons. The molecule has 17 heavy (non-hydrogen) atoms. The summed E-state index contributed by atoms with van der Waals surface area (Å²) in [5, 5.41) is 3.00. The Hall–Kier alpha value is -1.23. The molecule has 0 heterocycles. The third-order valence-electron chi connectivity index (χ3n) is 2.50. The van der Waals surface area contributed by atoms with Crippen molar-refractivity contribution in [2.24, 2.45) is 0 Å². The van der Waals surface area contributed by atoms with Gasteiger partial charge in [0.2, 0.25) is 0 Å². The van der Waals surface area contributed by atoms with Gasteiger partial charge in [-0.05, 0) is 18.7 Å². The SMILES string of the molecule is CNCc1ccccc1N(C)CCC(F)(F)F. The van der Waals surface area contributed by atoms with Gasteiger partial charge < -0.3 is 10.2 Å². The first-order valence-electron chi connectivity index (χ1n) is 5.44. The lowest BCUT2D eigenvalue weighted by atomic mass is 10.1. The van der Waals surface area contributed by atoms with Gasteiger partial charge in [-0.3, -0.25) is 0 Å². The Morgan fingerprint density at radius 1 is 1.24 bits per heavy atom. The van der Waals surface area contributed by atoms with Crippen LogP contribution in [0.2, 0.25) is 0 Å². The molecule has 0 unspecified atom stereocenters. The average Bonchev–Trinajstić information content (AvgIpc) is 2.26. The first-order chi connectivity index (χ1) is 7.94. The van der Waals surface area contributed by atoms with E-state index in [0.717, 1.165) is 11.3 Å². The Bertz CT molecular complexity index is 350. The van der Waals surface area contributed by atoms with Crippen molar-refractivity contribution in [2.45, 2.75) is 19.1 Å². The summed E-state index contributed by atoms with van der Waals surface area (Å²) < 4.78 is 36.4. The lowest BCUT2D eigenvalue weighted by Gasteiger charge is -2.23. The standard InChI is InChI=1S/C12H17F3N2/c1-16-9-10-5-3-4-6-11(10)17(2)8-7-12(13,14)15/h3-6,16H,7-9H2,1-2H3. The normalized spacial score (nSPS) is 11.6. The van der Waals surface area contributed by atoms with Crippen LogP contribution in [-0.4, -0.2) is 26.8 Å². The van der Waals surface area contributed by atoms with Crippen LogP contribution in [0, 0.1) is 0 Å². The van der Waals surface area contributed by atoms with E-state index in [4.69, 9.17) is 0 Å². The Kier molecular flexibility index (Phi) is 4.81. The summed E-state index contributed by atoms with van der Waals surface area (Å²) in [5.74, 6) is 0. The Balaban J connectivity index is 2.70. The van der Waals surface area contributed by atoms with E-state index in [1.807, 2.05) is 31.3 Å². The third kappa shape index (κ3) is 4.65. The highest BCUT2D eigenvalue weighted by molar-refractivity contribution is 5.52. The van der Waals surface area contributed by atoms with Crippen LogP contribution in [0.5, 0.6) is 0 Å². The van der Waals surface area contributed by atoms with Crippen molar-refractivity contribution < 1.29 is 13.2 Å². The molecule has 0 aliphatic heterocycles. The van der Waals surface area contributed by atoms with Crippen molar-refractivity contribution in [3.63, 3.8) is 0 Å². The van der Waals surface area contributed by atoms with Gasteiger partial charge in [-0.1, -0.05) is 18.2 Å². The molecule has 0 aromatic heterocycles. The number of alkyl halides is 3. The van der Waals surface area contributed by atoms with Crippen molar-refractivity contribution in [1.29, 1.82) is 0 Å². The fourth-order valence-electron chi connectivity index (χ4n) is 1.64. The van der Waals surface area contributed by atoms with Crippen LogP contribution >= 0.6 is 0 Å². The molecule has 0 saturated carbocycles. The zero-order valence-electron chi connectivity index (χ0n) is 10.0. The summed E-state index contributed by atoms with van der Waals surface area (Å²) >= 11 is 0. The monoisotopic (exact) mass is 246 g/mol. The minimum Gasteiger partial charge on any atom is -0.374 e. The number of benzene rings is 1. The van der Waals surface area contributed by atoms with Gasteiger partial charge in [-0.25, -0.2) is 0 Å². The lowest BCUT2D eigenvalue weighted by molar-refractivity contribution is -0.132. The predicted molar refractivity (Wildman–Crippen MR) is 63.1 cm³/mol. The van der Waals surface area contributed by atoms with Crippen molar-refractivity contribution >= 4 is 5.69 Å². The number of hydrogen-bond donors (Lipinski definition) is 1. The molecule has 1 aromatic rings. The van der Waals surface area contributed by atoms with Gasteiger partial charge in [-0.15, -0.1) is 0 Å². The summed E-state index contributed by atoms with van der Waals surface area (Å²) in [5.41, 5.74) is 1.84. The minimum absolute atomic E-state index is 0.0236. The van der Waals surface area contributed by atoms with Crippen molar-refractivity contribution in [3.05, 3.63) is 29.8 Å². The van der Waals surface area contributed by atoms with E-state index in [1.54, 1.807) is 11.9 Å². The van der Waals surface area contributed by atoms with Crippen LogP contribution in [0.3, 0.4) is 0 Å². The van der Waals surface area contributed by atoms with Gasteiger partial charge in [0, 0.05) is 25.8 Å². The second kappa shape index (κ2) is 5.91. The highest BCUT2D eigenvalue weighted by Crippen LogP contribution is 2.23. The summed E-state index contributed by atoms with van der Waals surface area (Å²) in [6, 6.07) is 7.46. The van der Waals surface area contributed by atoms with Gasteiger partial charge in [0.15, 0.2) is 0 Å². The molecule has 0 atom stereocenters. The molecule has 96 valence electrons. The molecule has 0 fully saturated rings. The van der Waals surface area contributed by atoms with E-state index in [2.05, 4.69) is 5.32 Å². The predicted octanol–water partition coefficient (Wildman–Crippen LogP) is 2.79. The topological polar surface area (TPSA) is 15.3 Å². The molecule has 2 nitrogen and oxygen atoms in total. The molecule has 0 bridgehead atoms. The largest absolute Gasteiger partial charge is 0.390 e. The van der Waals surface area contributed by atoms with E-state index in [-0.39, 0.29) is 6.54 Å². The highest BCUT2D eigenvalue weighted by Gasteiger charge is 2.27. The number of nitrogens with one attached hydrogen (secondary N) is 1. The number of halogens is 3. The van der Waals surface area contributed by atoms with E-state index >= 15 is 0 Å². The second-order valence-electron chi connectivity index (χ2n) is 3.95. The second-order valence-corrected chi connectivity index (χ2v) is 3.95. The number of anilines is 1. The molecular formula is C12H17F3N2. The quantitative estimate of drug-likeness (QED) is 0.859. The van der Waals surface area contributed by atoms with E-state index < -0.39 is 12.6 Å². The van der Waals surface area contributed by atoms with E-state index in [0.29, 0.717) is 6.54 Å². The molecule has 5 heteroatoms. The fraction of sp³-hybridized carbons (Fsp3) is 0.500. The molecule has 0 aliphatic carbocycles. The molecular weight excluding hydrogens is 229 g/mol. The molecule has 0 spiro atoms. The maximum absolute atomic E-state index is 12.1. The number of rotatable bonds is 5. The van der Waals surface area contributed by atoms with Crippen LogP contribution < -0.4 is 10.2 Å². The van der Waals surface area contributed by atoms with Gasteiger partial charge in [-0.2, -0.15) is 13.2 Å².